The van der Waals surface area contributed by atoms with Gasteiger partial charge in [-0.05, 0) is 47.9 Å². The Bertz CT molecular complexity index is 1080. The van der Waals surface area contributed by atoms with Crippen molar-refractivity contribution in [1.29, 1.82) is 0 Å². The second-order valence-electron chi connectivity index (χ2n) is 8.44. The van der Waals surface area contributed by atoms with Crippen molar-refractivity contribution in [1.82, 2.24) is 4.90 Å². The molecule has 4 rings (SSSR count). The summed E-state index contributed by atoms with van der Waals surface area (Å²) >= 11 is 6.19. The molecule has 2 atom stereocenters. The minimum Gasteiger partial charge on any atom is -0.872 e. The first-order valence-corrected chi connectivity index (χ1v) is 10.7. The first-order chi connectivity index (χ1) is 14.8. The highest BCUT2D eigenvalue weighted by molar-refractivity contribution is 6.46. The Morgan fingerprint density at radius 3 is 2.71 bits per heavy atom. The lowest BCUT2D eigenvalue weighted by Crippen LogP contribution is -3.06. The Labute approximate surface area is 186 Å². The fraction of sp³-hybridized carbons (Fsp3) is 0.333. The quantitative estimate of drug-likeness (QED) is 0.428. The number of halogens is 1. The maximum Gasteiger partial charge on any atom is 0.295 e. The van der Waals surface area contributed by atoms with Gasteiger partial charge in [-0.3, -0.25) is 9.59 Å². The van der Waals surface area contributed by atoms with E-state index in [1.807, 2.05) is 21.0 Å². The molecule has 0 aromatic heterocycles. The lowest BCUT2D eigenvalue weighted by Gasteiger charge is -2.28. The van der Waals surface area contributed by atoms with E-state index in [0.717, 1.165) is 16.2 Å². The van der Waals surface area contributed by atoms with Crippen LogP contribution in [0.3, 0.4) is 0 Å². The largest absolute Gasteiger partial charge is 0.872 e. The summed E-state index contributed by atoms with van der Waals surface area (Å²) in [4.78, 5) is 28.5. The first-order valence-electron chi connectivity index (χ1n) is 10.4. The van der Waals surface area contributed by atoms with E-state index in [1.54, 1.807) is 42.5 Å². The van der Waals surface area contributed by atoms with E-state index in [9.17, 15) is 14.7 Å². The molecule has 1 fully saturated rings. The van der Waals surface area contributed by atoms with Crippen molar-refractivity contribution >= 4 is 29.1 Å². The van der Waals surface area contributed by atoms with Gasteiger partial charge in [0.05, 0.1) is 33.2 Å². The number of hydrogen-bond acceptors (Lipinski definition) is 4. The number of likely N-dealkylation sites (tertiary alicyclic amines) is 1. The average Bonchev–Trinajstić information content (AvgIpc) is 3.22. The van der Waals surface area contributed by atoms with Crippen LogP contribution in [0.2, 0.25) is 5.02 Å². The molecule has 31 heavy (non-hydrogen) atoms. The number of fused-ring (bicyclic) bond motifs is 1. The predicted molar refractivity (Wildman–Crippen MR) is 116 cm³/mol. The van der Waals surface area contributed by atoms with Crippen molar-refractivity contribution in [3.63, 3.8) is 0 Å². The van der Waals surface area contributed by atoms with Crippen molar-refractivity contribution in [2.75, 3.05) is 27.2 Å². The van der Waals surface area contributed by atoms with E-state index in [4.69, 9.17) is 16.3 Å². The summed E-state index contributed by atoms with van der Waals surface area (Å²) < 4.78 is 5.72. The predicted octanol–water partition coefficient (Wildman–Crippen LogP) is 1.03. The van der Waals surface area contributed by atoms with E-state index < -0.39 is 23.5 Å². The number of ether oxygens (including phenoxy) is 1. The van der Waals surface area contributed by atoms with Gasteiger partial charge in [0, 0.05) is 17.0 Å². The van der Waals surface area contributed by atoms with Gasteiger partial charge in [0.1, 0.15) is 11.9 Å². The van der Waals surface area contributed by atoms with Gasteiger partial charge in [0.25, 0.3) is 5.91 Å². The molecule has 2 aromatic carbocycles. The van der Waals surface area contributed by atoms with Gasteiger partial charge in [-0.25, -0.2) is 0 Å². The number of hydrogen-bond donors (Lipinski definition) is 1. The van der Waals surface area contributed by atoms with Gasteiger partial charge < -0.3 is 19.6 Å². The molecule has 6 nitrogen and oxygen atoms in total. The fourth-order valence-electron chi connectivity index (χ4n) is 4.19. The van der Waals surface area contributed by atoms with Crippen molar-refractivity contribution in [3.05, 3.63) is 69.8 Å². The van der Waals surface area contributed by atoms with Gasteiger partial charge in [-0.1, -0.05) is 35.6 Å². The van der Waals surface area contributed by atoms with E-state index >= 15 is 0 Å². The Morgan fingerprint density at radius 1 is 1.23 bits per heavy atom. The third-order valence-corrected chi connectivity index (χ3v) is 5.94. The lowest BCUT2D eigenvalue weighted by atomic mass is 9.94. The van der Waals surface area contributed by atoms with Crippen LogP contribution in [0.1, 0.15) is 29.7 Å². The molecule has 1 N–H and O–H groups in total. The fourth-order valence-corrected chi connectivity index (χ4v) is 4.39. The average molecular weight is 441 g/mol. The van der Waals surface area contributed by atoms with Gasteiger partial charge in [-0.15, -0.1) is 0 Å². The SMILES string of the molecule is CC1Cc2cc(/C([O-])=C3\C(=O)C(=O)N(CC[NH+](C)C)C3c3cccc(Cl)c3)ccc2O1. The molecule has 2 unspecified atom stereocenters. The molecule has 1 saturated heterocycles. The normalized spacial score (nSPS) is 22.2. The van der Waals surface area contributed by atoms with Crippen LogP contribution < -0.4 is 14.7 Å². The molecular formula is C24H25ClN2O4. The second-order valence-corrected chi connectivity index (χ2v) is 8.88. The van der Waals surface area contributed by atoms with Crippen LogP contribution >= 0.6 is 11.6 Å². The third kappa shape index (κ3) is 4.05. The lowest BCUT2D eigenvalue weighted by molar-refractivity contribution is -0.857. The van der Waals surface area contributed by atoms with Crippen LogP contribution in [0.4, 0.5) is 0 Å². The van der Waals surface area contributed by atoms with Crippen molar-refractivity contribution < 1.29 is 24.3 Å². The molecule has 0 bridgehead atoms. The Balaban J connectivity index is 1.82. The molecule has 0 spiro atoms. The summed E-state index contributed by atoms with van der Waals surface area (Å²) in [5, 5.41) is 14.0. The Kier molecular flexibility index (Phi) is 5.77. The minimum atomic E-state index is -0.756. The summed E-state index contributed by atoms with van der Waals surface area (Å²) in [6.07, 6.45) is 0.750. The van der Waals surface area contributed by atoms with Crippen LogP contribution in [0.25, 0.3) is 5.76 Å². The van der Waals surface area contributed by atoms with Crippen LogP contribution in [-0.4, -0.2) is 49.9 Å². The summed E-state index contributed by atoms with van der Waals surface area (Å²) in [7, 11) is 3.94. The number of carbonyl (C=O) groups excluding carboxylic acids is 2. The zero-order chi connectivity index (χ0) is 22.3. The molecule has 2 aliphatic heterocycles. The molecule has 162 valence electrons. The number of nitrogens with zero attached hydrogens (tertiary/aromatic N) is 1. The molecule has 0 saturated carbocycles. The van der Waals surface area contributed by atoms with E-state index in [1.165, 1.54) is 4.90 Å². The number of carbonyl (C=O) groups is 2. The highest BCUT2D eigenvalue weighted by atomic mass is 35.5. The Hall–Kier alpha value is -2.83. The number of nitrogens with one attached hydrogen (secondary N) is 1. The number of rotatable bonds is 5. The Morgan fingerprint density at radius 2 is 2.00 bits per heavy atom. The highest BCUT2D eigenvalue weighted by Crippen LogP contribution is 2.40. The monoisotopic (exact) mass is 440 g/mol. The zero-order valence-corrected chi connectivity index (χ0v) is 18.5. The molecule has 1 amide bonds. The van der Waals surface area contributed by atoms with E-state index in [2.05, 4.69) is 0 Å². The van der Waals surface area contributed by atoms with Crippen LogP contribution in [0, 0.1) is 0 Å². The summed E-state index contributed by atoms with van der Waals surface area (Å²) in [6, 6.07) is 11.4. The third-order valence-electron chi connectivity index (χ3n) is 5.70. The number of Topliss-reactive ketones (excluding diaryl/α,β-unsaturated/α-hetero) is 1. The number of quaternary nitrogens is 1. The highest BCUT2D eigenvalue weighted by Gasteiger charge is 2.44. The smallest absolute Gasteiger partial charge is 0.295 e. The topological polar surface area (TPSA) is 74.1 Å². The first kappa shape index (κ1) is 21.4. The van der Waals surface area contributed by atoms with Crippen molar-refractivity contribution in [2.45, 2.75) is 25.5 Å². The molecular weight excluding hydrogens is 416 g/mol. The van der Waals surface area contributed by atoms with Gasteiger partial charge in [-0.2, -0.15) is 0 Å². The standard InChI is InChI=1S/C24H25ClN2O4/c1-14-11-17-12-16(7-8-19(17)31-14)22(28)20-21(15-5-4-6-18(25)13-15)27(10-9-26(2)3)24(30)23(20)29/h4-8,12-14,21,28H,9-11H2,1-3H3/b22-20+. The van der Waals surface area contributed by atoms with Gasteiger partial charge >= 0.3 is 0 Å². The molecule has 2 aliphatic rings. The van der Waals surface area contributed by atoms with Gasteiger partial charge in [0.15, 0.2) is 0 Å². The molecule has 2 aromatic rings. The van der Waals surface area contributed by atoms with Crippen molar-refractivity contribution in [3.8, 4) is 5.75 Å². The zero-order valence-electron chi connectivity index (χ0n) is 17.8. The van der Waals surface area contributed by atoms with E-state index in [-0.39, 0.29) is 11.7 Å². The molecule has 0 radical (unpaired) electrons. The van der Waals surface area contributed by atoms with Crippen LogP contribution in [-0.2, 0) is 16.0 Å². The van der Waals surface area contributed by atoms with Crippen molar-refractivity contribution in [2.24, 2.45) is 0 Å². The number of benzene rings is 2. The van der Waals surface area contributed by atoms with Crippen LogP contribution in [0.15, 0.2) is 48.0 Å². The summed E-state index contributed by atoms with van der Waals surface area (Å²) in [5.41, 5.74) is 1.96. The minimum absolute atomic E-state index is 0.0204. The molecule has 2 heterocycles. The summed E-state index contributed by atoms with van der Waals surface area (Å²) in [6.45, 7) is 2.97. The maximum absolute atomic E-state index is 13.5. The number of likely N-dealkylation sites (N-methyl/N-ethyl adjacent to an activating group) is 1. The molecule has 0 aliphatic carbocycles. The molecule has 7 heteroatoms. The van der Waals surface area contributed by atoms with Gasteiger partial charge in [0.2, 0.25) is 5.78 Å². The maximum atomic E-state index is 13.5. The second kappa shape index (κ2) is 8.36. The summed E-state index contributed by atoms with van der Waals surface area (Å²) in [5.74, 6) is -1.06. The van der Waals surface area contributed by atoms with E-state index in [0.29, 0.717) is 35.7 Å². The van der Waals surface area contributed by atoms with Crippen LogP contribution in [0.5, 0.6) is 5.75 Å². The number of amides is 1. The number of ketones is 1.